The molecule has 0 atom stereocenters. The van der Waals surface area contributed by atoms with Gasteiger partial charge < -0.3 is 4.74 Å². The number of hydrogen-bond donors (Lipinski definition) is 1. The van der Waals surface area contributed by atoms with E-state index in [1.54, 1.807) is 0 Å². The van der Waals surface area contributed by atoms with Gasteiger partial charge in [0, 0.05) is 5.75 Å². The molecule has 0 radical (unpaired) electrons. The van der Waals surface area contributed by atoms with E-state index in [1.165, 1.54) is 51.4 Å². The molecular formula is C29H43F3O4S2. The Morgan fingerprint density at radius 1 is 0.816 bits per heavy atom. The average Bonchev–Trinajstić information content (AvgIpc) is 2.83. The lowest BCUT2D eigenvalue weighted by Crippen LogP contribution is -2.47. The van der Waals surface area contributed by atoms with Crippen LogP contribution in [0.3, 0.4) is 0 Å². The summed E-state index contributed by atoms with van der Waals surface area (Å²) in [6, 6.07) is 0. The van der Waals surface area contributed by atoms with E-state index in [4.69, 9.17) is 4.74 Å². The quantitative estimate of drug-likeness (QED) is 0.0921. The minimum absolute atomic E-state index is 0.00643. The lowest BCUT2D eigenvalue weighted by atomic mass is 9.50. The molecule has 4 nitrogen and oxygen atoms in total. The van der Waals surface area contributed by atoms with Crippen LogP contribution in [0, 0.1) is 40.6 Å². The molecule has 0 amide bonds. The SMILES string of the molecule is CCCCCCCCCCCCOc1c(F)c(SCC23CC4CC(CC(C4)C2)C3)c(F)c(F)c1S(=O)(=O)O. The molecule has 4 saturated carbocycles. The molecule has 0 spiro atoms. The first-order chi connectivity index (χ1) is 18.1. The highest BCUT2D eigenvalue weighted by Crippen LogP contribution is 2.61. The maximum atomic E-state index is 15.5. The van der Waals surface area contributed by atoms with Gasteiger partial charge in [-0.2, -0.15) is 8.42 Å². The molecule has 0 saturated heterocycles. The summed E-state index contributed by atoms with van der Waals surface area (Å²) in [5, 5.41) is 0. The van der Waals surface area contributed by atoms with Gasteiger partial charge in [-0.1, -0.05) is 64.7 Å². The van der Waals surface area contributed by atoms with E-state index in [-0.39, 0.29) is 12.0 Å². The van der Waals surface area contributed by atoms with Crippen molar-refractivity contribution in [2.24, 2.45) is 23.2 Å². The Balaban J connectivity index is 1.37. The van der Waals surface area contributed by atoms with E-state index in [2.05, 4.69) is 6.92 Å². The van der Waals surface area contributed by atoms with Crippen molar-refractivity contribution in [2.45, 2.75) is 119 Å². The molecule has 216 valence electrons. The van der Waals surface area contributed by atoms with Crippen molar-refractivity contribution < 1.29 is 30.9 Å². The van der Waals surface area contributed by atoms with Crippen molar-refractivity contribution in [2.75, 3.05) is 12.4 Å². The van der Waals surface area contributed by atoms with Gasteiger partial charge in [-0.25, -0.2) is 13.2 Å². The number of benzene rings is 1. The van der Waals surface area contributed by atoms with Gasteiger partial charge >= 0.3 is 10.1 Å². The predicted octanol–water partition coefficient (Wildman–Crippen LogP) is 8.96. The molecule has 1 N–H and O–H groups in total. The Labute approximate surface area is 230 Å². The van der Waals surface area contributed by atoms with Gasteiger partial charge in [0.2, 0.25) is 0 Å². The van der Waals surface area contributed by atoms with Crippen molar-refractivity contribution in [3.05, 3.63) is 17.5 Å². The first-order valence-electron chi connectivity index (χ1n) is 14.6. The average molecular weight is 577 g/mol. The van der Waals surface area contributed by atoms with Gasteiger partial charge in [0.05, 0.1) is 11.5 Å². The second-order valence-corrected chi connectivity index (χ2v) is 14.5. The molecule has 4 bridgehead atoms. The van der Waals surface area contributed by atoms with Crippen LogP contribution in [-0.2, 0) is 10.1 Å². The van der Waals surface area contributed by atoms with Crippen molar-refractivity contribution in [1.82, 2.24) is 0 Å². The first kappa shape index (κ1) is 30.0. The monoisotopic (exact) mass is 576 g/mol. The maximum Gasteiger partial charge on any atom is 0.301 e. The van der Waals surface area contributed by atoms with Crippen molar-refractivity contribution in [3.8, 4) is 5.75 Å². The molecule has 4 aliphatic carbocycles. The maximum absolute atomic E-state index is 15.5. The molecule has 5 rings (SSSR count). The van der Waals surface area contributed by atoms with Gasteiger partial charge in [0.1, 0.15) is 0 Å². The second-order valence-electron chi connectivity index (χ2n) is 12.1. The van der Waals surface area contributed by atoms with Crippen molar-refractivity contribution in [3.63, 3.8) is 0 Å². The smallest absolute Gasteiger partial charge is 0.301 e. The highest BCUT2D eigenvalue weighted by molar-refractivity contribution is 7.99. The Hall–Kier alpha value is -0.930. The number of thioether (sulfide) groups is 1. The molecule has 0 heterocycles. The fourth-order valence-corrected chi connectivity index (χ4v) is 9.48. The topological polar surface area (TPSA) is 63.6 Å². The third-order valence-corrected chi connectivity index (χ3v) is 11.2. The summed E-state index contributed by atoms with van der Waals surface area (Å²) in [5.74, 6) is -3.04. The molecule has 1 aromatic carbocycles. The van der Waals surface area contributed by atoms with Gasteiger partial charge in [0.25, 0.3) is 0 Å². The number of ether oxygens (including phenoxy) is 1. The van der Waals surface area contributed by atoms with E-state index in [9.17, 15) is 21.8 Å². The lowest BCUT2D eigenvalue weighted by molar-refractivity contribution is -0.0381. The molecule has 38 heavy (non-hydrogen) atoms. The Bertz CT molecular complexity index is 1030. The van der Waals surface area contributed by atoms with Crippen molar-refractivity contribution >= 4 is 21.9 Å². The molecular weight excluding hydrogens is 533 g/mol. The van der Waals surface area contributed by atoms with Crippen LogP contribution in [-0.4, -0.2) is 25.3 Å². The molecule has 4 aliphatic rings. The van der Waals surface area contributed by atoms with Crippen LogP contribution in [0.25, 0.3) is 0 Å². The summed E-state index contributed by atoms with van der Waals surface area (Å²) in [6.07, 6.45) is 17.5. The molecule has 4 fully saturated rings. The van der Waals surface area contributed by atoms with Gasteiger partial charge in [-0.3, -0.25) is 4.55 Å². The highest BCUT2D eigenvalue weighted by Gasteiger charge is 2.51. The van der Waals surface area contributed by atoms with Crippen LogP contribution in [0.15, 0.2) is 9.79 Å². The largest absolute Gasteiger partial charge is 0.489 e. The van der Waals surface area contributed by atoms with Gasteiger partial charge in [0.15, 0.2) is 28.1 Å². The number of halogens is 3. The standard InChI is InChI=1S/C29H43F3O4S2/c1-2-3-4-5-6-7-8-9-10-11-12-36-26-25(32)27(23(30)24(31)28(26)38(33,34)35)37-19-29-16-20-13-21(17-29)15-22(14-20)18-29/h20-22H,2-19H2,1H3,(H,33,34,35). The molecule has 0 unspecified atom stereocenters. The first-order valence-corrected chi connectivity index (χ1v) is 17.0. The van der Waals surface area contributed by atoms with Crippen LogP contribution in [0.4, 0.5) is 13.2 Å². The summed E-state index contributed by atoms with van der Waals surface area (Å²) < 4.78 is 84.2. The third-order valence-electron chi connectivity index (χ3n) is 8.89. The summed E-state index contributed by atoms with van der Waals surface area (Å²) >= 11 is 0.923. The van der Waals surface area contributed by atoms with Crippen LogP contribution in [0.2, 0.25) is 0 Å². The third kappa shape index (κ3) is 7.22. The van der Waals surface area contributed by atoms with Gasteiger partial charge in [-0.15, -0.1) is 11.8 Å². The fraction of sp³-hybridized carbons (Fsp3) is 0.793. The minimum Gasteiger partial charge on any atom is -0.489 e. The minimum atomic E-state index is -5.23. The second kappa shape index (κ2) is 13.2. The summed E-state index contributed by atoms with van der Waals surface area (Å²) in [5.41, 5.74) is -0.00643. The van der Waals surface area contributed by atoms with Gasteiger partial charge in [-0.05, 0) is 68.1 Å². The normalized spacial score (nSPS) is 26.3. The summed E-state index contributed by atoms with van der Waals surface area (Å²) in [4.78, 5) is -2.00. The van der Waals surface area contributed by atoms with E-state index >= 15 is 4.39 Å². The Kier molecular flexibility index (Phi) is 10.4. The van der Waals surface area contributed by atoms with E-state index < -0.39 is 43.1 Å². The Morgan fingerprint density at radius 3 is 1.82 bits per heavy atom. The lowest BCUT2D eigenvalue weighted by Gasteiger charge is -2.56. The fourth-order valence-electron chi connectivity index (χ4n) is 7.54. The number of hydrogen-bond acceptors (Lipinski definition) is 4. The van der Waals surface area contributed by atoms with E-state index in [0.29, 0.717) is 29.9 Å². The van der Waals surface area contributed by atoms with Crippen LogP contribution in [0.5, 0.6) is 5.75 Å². The van der Waals surface area contributed by atoms with Crippen LogP contribution < -0.4 is 4.74 Å². The number of rotatable bonds is 16. The van der Waals surface area contributed by atoms with Crippen LogP contribution in [0.1, 0.15) is 110 Å². The molecule has 0 aromatic heterocycles. The number of unbranched alkanes of at least 4 members (excludes halogenated alkanes) is 9. The zero-order chi connectivity index (χ0) is 27.3. The molecule has 0 aliphatic heterocycles. The van der Waals surface area contributed by atoms with Crippen LogP contribution >= 0.6 is 11.8 Å². The predicted molar refractivity (Wildman–Crippen MR) is 145 cm³/mol. The van der Waals surface area contributed by atoms with E-state index in [0.717, 1.165) is 56.7 Å². The molecule has 1 aromatic rings. The summed E-state index contributed by atoms with van der Waals surface area (Å²) in [6.45, 7) is 2.15. The summed E-state index contributed by atoms with van der Waals surface area (Å²) in [7, 11) is -5.23. The van der Waals surface area contributed by atoms with Crippen molar-refractivity contribution in [1.29, 1.82) is 0 Å². The zero-order valence-electron chi connectivity index (χ0n) is 22.6. The molecule has 9 heteroatoms. The highest BCUT2D eigenvalue weighted by atomic mass is 32.2. The Morgan fingerprint density at radius 2 is 1.32 bits per heavy atom. The van der Waals surface area contributed by atoms with E-state index in [1.807, 2.05) is 0 Å². The zero-order valence-corrected chi connectivity index (χ0v) is 24.2.